The third kappa shape index (κ3) is 10.1. The van der Waals surface area contributed by atoms with Crippen LogP contribution in [0.1, 0.15) is 60.5 Å². The molecule has 2 aromatic rings. The molecule has 34 heavy (non-hydrogen) atoms. The predicted octanol–water partition coefficient (Wildman–Crippen LogP) is 7.02. The second-order valence-electron chi connectivity index (χ2n) is 8.63. The van der Waals surface area contributed by atoms with E-state index < -0.39 is 0 Å². The molecule has 0 unspecified atom stereocenters. The van der Waals surface area contributed by atoms with Gasteiger partial charge in [0.25, 0.3) is 0 Å². The minimum absolute atomic E-state index is 0.392. The van der Waals surface area contributed by atoms with E-state index in [0.29, 0.717) is 11.0 Å². The Morgan fingerprint density at radius 3 is 2.26 bits per heavy atom. The van der Waals surface area contributed by atoms with Crippen molar-refractivity contribution in [1.82, 2.24) is 0 Å². The molecule has 3 rings (SSSR count). The van der Waals surface area contributed by atoms with Gasteiger partial charge in [0.1, 0.15) is 11.0 Å². The highest BCUT2D eigenvalue weighted by Crippen LogP contribution is 2.28. The Hall–Kier alpha value is -2.04. The summed E-state index contributed by atoms with van der Waals surface area (Å²) in [4.78, 5) is 2.90. The number of hydrogen-bond donors (Lipinski definition) is 1. The Morgan fingerprint density at radius 2 is 1.71 bits per heavy atom. The van der Waals surface area contributed by atoms with Gasteiger partial charge in [0, 0.05) is 25.4 Å². The lowest BCUT2D eigenvalue weighted by molar-refractivity contribution is 0.0710. The number of nitriles is 1. The SMILES string of the molecule is C/C(=C(/C#N)SN)c1ccc2cc(N3CCOCC3)ccc2c1.CC.CC(C)CCOC(C)C. The molecule has 2 aromatic carbocycles. The molecule has 1 aliphatic heterocycles. The number of anilines is 1. The smallest absolute Gasteiger partial charge is 0.108 e. The molecule has 1 saturated heterocycles. The van der Waals surface area contributed by atoms with Crippen molar-refractivity contribution >= 4 is 34.0 Å². The minimum Gasteiger partial charge on any atom is -0.379 e. The van der Waals surface area contributed by atoms with Crippen molar-refractivity contribution in [3.05, 3.63) is 46.9 Å². The highest BCUT2D eigenvalue weighted by Gasteiger charge is 2.12. The van der Waals surface area contributed by atoms with Crippen molar-refractivity contribution in [3.63, 3.8) is 0 Å². The molecule has 2 N–H and O–H groups in total. The molecular weight excluding hydrogens is 442 g/mol. The van der Waals surface area contributed by atoms with E-state index in [1.807, 2.05) is 26.8 Å². The summed E-state index contributed by atoms with van der Waals surface area (Å²) in [6, 6.07) is 14.9. The van der Waals surface area contributed by atoms with Crippen LogP contribution in [-0.4, -0.2) is 39.0 Å². The molecule has 6 heteroatoms. The summed E-state index contributed by atoms with van der Waals surface area (Å²) in [7, 11) is 0. The average Bonchev–Trinajstić information content (AvgIpc) is 2.86. The van der Waals surface area contributed by atoms with E-state index in [2.05, 4.69) is 69.0 Å². The zero-order chi connectivity index (χ0) is 25.5. The molecule has 0 spiro atoms. The number of ether oxygens (including phenoxy) is 2. The molecule has 0 bridgehead atoms. The number of fused-ring (bicyclic) bond motifs is 1. The minimum atomic E-state index is 0.392. The first kappa shape index (κ1) is 30.0. The molecule has 5 nitrogen and oxygen atoms in total. The number of allylic oxidation sites excluding steroid dienone is 2. The van der Waals surface area contributed by atoms with Crippen molar-refractivity contribution in [2.24, 2.45) is 11.1 Å². The van der Waals surface area contributed by atoms with Crippen molar-refractivity contribution in [1.29, 1.82) is 5.26 Å². The quantitative estimate of drug-likeness (QED) is 0.335. The van der Waals surface area contributed by atoms with E-state index in [9.17, 15) is 0 Å². The van der Waals surface area contributed by atoms with Crippen LogP contribution in [0.25, 0.3) is 16.3 Å². The van der Waals surface area contributed by atoms with Crippen LogP contribution in [-0.2, 0) is 9.47 Å². The zero-order valence-corrected chi connectivity index (χ0v) is 22.9. The summed E-state index contributed by atoms with van der Waals surface area (Å²) in [6.07, 6.45) is 1.57. The summed E-state index contributed by atoms with van der Waals surface area (Å²) in [6.45, 7) is 18.9. The first-order valence-electron chi connectivity index (χ1n) is 12.3. The van der Waals surface area contributed by atoms with Gasteiger partial charge in [-0.25, -0.2) is 0 Å². The monoisotopic (exact) mass is 485 g/mol. The zero-order valence-electron chi connectivity index (χ0n) is 22.1. The maximum absolute atomic E-state index is 9.13. The number of hydrogen-bond acceptors (Lipinski definition) is 6. The third-order valence-electron chi connectivity index (χ3n) is 5.34. The van der Waals surface area contributed by atoms with Crippen LogP contribution in [0.4, 0.5) is 5.69 Å². The first-order chi connectivity index (χ1) is 16.3. The van der Waals surface area contributed by atoms with Crippen LogP contribution in [0.5, 0.6) is 0 Å². The van der Waals surface area contributed by atoms with Gasteiger partial charge in [-0.1, -0.05) is 45.9 Å². The van der Waals surface area contributed by atoms with Gasteiger partial charge in [-0.2, -0.15) is 5.26 Å². The number of nitrogens with zero attached hydrogens (tertiary/aromatic N) is 2. The van der Waals surface area contributed by atoms with E-state index in [1.54, 1.807) is 0 Å². The number of rotatable bonds is 7. The van der Waals surface area contributed by atoms with Crippen LogP contribution in [0.15, 0.2) is 41.3 Å². The third-order valence-corrected chi connectivity index (χ3v) is 5.97. The fraction of sp³-hybridized carbons (Fsp3) is 0.536. The second-order valence-corrected chi connectivity index (χ2v) is 9.28. The van der Waals surface area contributed by atoms with Gasteiger partial charge < -0.3 is 14.4 Å². The average molecular weight is 486 g/mol. The lowest BCUT2D eigenvalue weighted by Gasteiger charge is -2.29. The highest BCUT2D eigenvalue weighted by atomic mass is 32.2. The summed E-state index contributed by atoms with van der Waals surface area (Å²) in [5, 5.41) is 17.0. The summed E-state index contributed by atoms with van der Waals surface area (Å²) >= 11 is 0.999. The van der Waals surface area contributed by atoms with Gasteiger partial charge in [0.15, 0.2) is 0 Å². The van der Waals surface area contributed by atoms with Gasteiger partial charge in [0.05, 0.1) is 19.3 Å². The second kappa shape index (κ2) is 16.6. The summed E-state index contributed by atoms with van der Waals surface area (Å²) in [5.41, 5.74) is 3.18. The first-order valence-corrected chi connectivity index (χ1v) is 13.2. The Balaban J connectivity index is 0.000000446. The molecule has 1 heterocycles. The summed E-state index contributed by atoms with van der Waals surface area (Å²) in [5.74, 6) is 0.767. The van der Waals surface area contributed by atoms with Crippen LogP contribution in [0.2, 0.25) is 0 Å². The largest absolute Gasteiger partial charge is 0.379 e. The van der Waals surface area contributed by atoms with Gasteiger partial charge in [-0.05, 0) is 85.2 Å². The standard InChI is InChI=1S/C18H19N3OS.C8H18O.C2H6/c1-13(18(12-19)23-20)14-2-3-16-11-17(5-4-15(16)10-14)21-6-8-22-9-7-21;1-7(2)5-6-9-8(3)4;1-2/h2-5,10-11H,6-9,20H2,1H3;7-8H,5-6H2,1-4H3;1-2H3/b18-13+;;. The molecule has 0 aromatic heterocycles. The Bertz CT molecular complexity index is 921. The molecule has 0 amide bonds. The Morgan fingerprint density at radius 1 is 1.09 bits per heavy atom. The fourth-order valence-electron chi connectivity index (χ4n) is 3.35. The molecular formula is C28H43N3O2S. The molecule has 188 valence electrons. The maximum atomic E-state index is 9.13. The van der Waals surface area contributed by atoms with Crippen molar-refractivity contribution in [2.75, 3.05) is 37.8 Å². The van der Waals surface area contributed by atoms with Crippen LogP contribution in [0.3, 0.4) is 0 Å². The molecule has 0 atom stereocenters. The van der Waals surface area contributed by atoms with Crippen LogP contribution < -0.4 is 10.0 Å². The van der Waals surface area contributed by atoms with Crippen molar-refractivity contribution in [3.8, 4) is 6.07 Å². The van der Waals surface area contributed by atoms with Crippen molar-refractivity contribution in [2.45, 2.75) is 61.0 Å². The Labute approximate surface area is 211 Å². The van der Waals surface area contributed by atoms with E-state index in [0.717, 1.165) is 67.3 Å². The molecule has 1 fully saturated rings. The van der Waals surface area contributed by atoms with Crippen LogP contribution in [0, 0.1) is 17.2 Å². The topological polar surface area (TPSA) is 71.5 Å². The van der Waals surface area contributed by atoms with E-state index in [1.165, 1.54) is 17.5 Å². The van der Waals surface area contributed by atoms with Gasteiger partial charge in [-0.15, -0.1) is 0 Å². The van der Waals surface area contributed by atoms with E-state index in [4.69, 9.17) is 19.9 Å². The highest BCUT2D eigenvalue weighted by molar-refractivity contribution is 8.01. The summed E-state index contributed by atoms with van der Waals surface area (Å²) < 4.78 is 10.8. The fourth-order valence-corrected chi connectivity index (χ4v) is 3.70. The van der Waals surface area contributed by atoms with Crippen LogP contribution >= 0.6 is 11.9 Å². The maximum Gasteiger partial charge on any atom is 0.108 e. The molecule has 0 radical (unpaired) electrons. The normalized spacial score (nSPS) is 14.1. The van der Waals surface area contributed by atoms with Gasteiger partial charge in [-0.3, -0.25) is 5.14 Å². The number of benzene rings is 2. The van der Waals surface area contributed by atoms with E-state index in [-0.39, 0.29) is 0 Å². The molecule has 0 saturated carbocycles. The molecule has 0 aliphatic carbocycles. The lowest BCUT2D eigenvalue weighted by atomic mass is 10.0. The molecule has 1 aliphatic rings. The number of nitrogens with two attached hydrogens (primary N) is 1. The predicted molar refractivity (Wildman–Crippen MR) is 149 cm³/mol. The van der Waals surface area contributed by atoms with Crippen molar-refractivity contribution < 1.29 is 9.47 Å². The lowest BCUT2D eigenvalue weighted by Crippen LogP contribution is -2.36. The number of morpholine rings is 1. The van der Waals surface area contributed by atoms with E-state index >= 15 is 0 Å². The Kier molecular flexibility index (Phi) is 14.6. The van der Waals surface area contributed by atoms with Gasteiger partial charge >= 0.3 is 0 Å². The van der Waals surface area contributed by atoms with Gasteiger partial charge in [0.2, 0.25) is 0 Å².